The van der Waals surface area contributed by atoms with Crippen molar-refractivity contribution in [2.24, 2.45) is 11.8 Å². The number of carbonyl (C=O) groups is 4. The van der Waals surface area contributed by atoms with Crippen molar-refractivity contribution in [3.63, 3.8) is 0 Å². The number of nitrogens with zero attached hydrogens (tertiary/aromatic N) is 6. The highest BCUT2D eigenvalue weighted by Crippen LogP contribution is 2.65. The van der Waals surface area contributed by atoms with Gasteiger partial charge in [0.2, 0.25) is 0 Å². The van der Waals surface area contributed by atoms with E-state index in [2.05, 4.69) is 9.80 Å². The minimum absolute atomic E-state index is 0.150. The zero-order valence-corrected chi connectivity index (χ0v) is 36.6. The zero-order chi connectivity index (χ0) is 45.8. The minimum Gasteiger partial charge on any atom is -0.310 e. The van der Waals surface area contributed by atoms with Crippen LogP contribution in [-0.4, -0.2) is 81.3 Å². The third-order valence-electron chi connectivity index (χ3n) is 15.9. The van der Waals surface area contributed by atoms with Crippen LogP contribution in [0, 0.1) is 32.1 Å². The molecule has 8 unspecified atom stereocenters. The molecule has 0 radical (unpaired) electrons. The zero-order valence-electron chi connectivity index (χ0n) is 36.6. The molecule has 6 heterocycles. The molecule has 14 heteroatoms. The predicted molar refractivity (Wildman–Crippen MR) is 246 cm³/mol. The monoisotopic (exact) mass is 884 g/mol. The molecule has 2 spiro atoms. The molecule has 6 aliphatic heterocycles. The minimum atomic E-state index is -1.51. The Bertz CT molecular complexity index is 2680. The smallest absolute Gasteiger partial charge is 0.269 e. The average Bonchev–Trinajstić information content (AvgIpc) is 4.19. The molecule has 4 saturated heterocycles. The summed E-state index contributed by atoms with van der Waals surface area (Å²) in [4.78, 5) is 92.8. The maximum Gasteiger partial charge on any atom is 0.269 e. The van der Waals surface area contributed by atoms with Gasteiger partial charge in [-0.15, -0.1) is 0 Å². The predicted octanol–water partition coefficient (Wildman–Crippen LogP) is 8.15. The lowest BCUT2D eigenvalue weighted by atomic mass is 9.67. The van der Waals surface area contributed by atoms with E-state index in [0.717, 1.165) is 24.0 Å². The topological polar surface area (TPSA) is 168 Å². The molecule has 11 rings (SSSR count). The van der Waals surface area contributed by atoms with Crippen molar-refractivity contribution >= 4 is 46.1 Å². The molecule has 6 aliphatic rings. The van der Waals surface area contributed by atoms with Crippen molar-refractivity contribution in [1.82, 2.24) is 9.80 Å². The normalized spacial score (nSPS) is 28.6. The molecule has 334 valence electrons. The molecule has 2 amide bonds. The fraction of sp³-hybridized carbons (Fsp3) is 0.346. The van der Waals surface area contributed by atoms with Crippen LogP contribution >= 0.6 is 0 Å². The van der Waals surface area contributed by atoms with Gasteiger partial charge in [-0.3, -0.25) is 49.2 Å². The van der Waals surface area contributed by atoms with Crippen molar-refractivity contribution in [1.29, 1.82) is 0 Å². The van der Waals surface area contributed by atoms with Gasteiger partial charge in [-0.05, 0) is 75.9 Å². The lowest BCUT2D eigenvalue weighted by Gasteiger charge is -2.37. The van der Waals surface area contributed by atoms with Gasteiger partial charge >= 0.3 is 0 Å². The van der Waals surface area contributed by atoms with Crippen LogP contribution in [0.2, 0.25) is 0 Å². The second-order valence-electron chi connectivity index (χ2n) is 18.5. The summed E-state index contributed by atoms with van der Waals surface area (Å²) in [5.74, 6) is -3.85. The first-order chi connectivity index (χ1) is 32.0. The van der Waals surface area contributed by atoms with Gasteiger partial charge in [-0.25, -0.2) is 0 Å². The van der Waals surface area contributed by atoms with Crippen LogP contribution < -0.4 is 9.80 Å². The first-order valence-corrected chi connectivity index (χ1v) is 23.0. The second kappa shape index (κ2) is 15.3. The van der Waals surface area contributed by atoms with Gasteiger partial charge in [0.05, 0.1) is 21.7 Å². The van der Waals surface area contributed by atoms with Crippen molar-refractivity contribution in [2.75, 3.05) is 36.0 Å². The molecule has 0 aromatic heterocycles. The molecule has 4 fully saturated rings. The van der Waals surface area contributed by atoms with Gasteiger partial charge in [-0.2, -0.15) is 0 Å². The van der Waals surface area contributed by atoms with E-state index in [0.29, 0.717) is 72.6 Å². The third-order valence-corrected chi connectivity index (χ3v) is 15.9. The van der Waals surface area contributed by atoms with Crippen LogP contribution in [0.1, 0.15) is 94.3 Å². The molecular weight excluding hydrogens is 837 g/mol. The molecule has 0 bridgehead atoms. The van der Waals surface area contributed by atoms with Crippen LogP contribution in [0.4, 0.5) is 22.7 Å². The molecule has 5 aromatic rings. The van der Waals surface area contributed by atoms with E-state index >= 15 is 19.2 Å². The fourth-order valence-electron chi connectivity index (χ4n) is 13.6. The van der Waals surface area contributed by atoms with Crippen LogP contribution in [-0.2, 0) is 20.7 Å². The summed E-state index contributed by atoms with van der Waals surface area (Å²) in [6, 6.07) is 34.5. The van der Waals surface area contributed by atoms with Gasteiger partial charge in [-0.1, -0.05) is 84.9 Å². The Balaban J connectivity index is 1.08. The second-order valence-corrected chi connectivity index (χ2v) is 18.5. The summed E-state index contributed by atoms with van der Waals surface area (Å²) in [6.07, 6.45) is 2.94. The Morgan fingerprint density at radius 2 is 0.955 bits per heavy atom. The lowest BCUT2D eigenvalue weighted by Crippen LogP contribution is -2.55. The molecule has 0 aliphatic carbocycles. The molecule has 0 saturated carbocycles. The summed E-state index contributed by atoms with van der Waals surface area (Å²) in [5, 5.41) is 24.7. The van der Waals surface area contributed by atoms with E-state index in [1.807, 2.05) is 50.2 Å². The Morgan fingerprint density at radius 1 is 0.576 bits per heavy atom. The number of benzene rings is 5. The summed E-state index contributed by atoms with van der Waals surface area (Å²) >= 11 is 0. The van der Waals surface area contributed by atoms with Gasteiger partial charge in [0.15, 0.2) is 11.6 Å². The number of fused-ring (bicyclic) bond motifs is 8. The molecule has 66 heavy (non-hydrogen) atoms. The van der Waals surface area contributed by atoms with E-state index in [1.165, 1.54) is 24.3 Å². The quantitative estimate of drug-likeness (QED) is 0.0759. The Kier molecular flexibility index (Phi) is 9.72. The maximum absolute atomic E-state index is 15.4. The number of rotatable bonds is 10. The average molecular weight is 885 g/mol. The van der Waals surface area contributed by atoms with E-state index in [4.69, 9.17) is 0 Å². The van der Waals surface area contributed by atoms with E-state index in [9.17, 15) is 20.2 Å². The number of hydrogen-bond donors (Lipinski definition) is 0. The molecule has 8 atom stereocenters. The maximum atomic E-state index is 15.4. The van der Waals surface area contributed by atoms with Crippen molar-refractivity contribution in [2.45, 2.75) is 74.5 Å². The van der Waals surface area contributed by atoms with Crippen LogP contribution in [0.5, 0.6) is 0 Å². The number of non-ortho nitro benzene ring substituents is 2. The highest BCUT2D eigenvalue weighted by atomic mass is 16.6. The Morgan fingerprint density at radius 3 is 1.30 bits per heavy atom. The standard InChI is InChI=1S/C52H48N6O8/c1-3-53-39-25-23-35(57(63)64)29-37(39)51(49(53)61)45(47(59)33-13-7-5-8-14-33)43(41-17-11-27-55(41)51)31-19-21-32(22-20-31)44-42-18-12-28-56(42)52(46(44)48(60)34-15-9-6-10-16-34)38-30-36(58(65)66)24-26-40(38)54(4-2)50(52)62/h5-10,13-16,19-26,29-30,41-46H,3-4,11-12,17-18,27-28H2,1-2H3. The van der Waals surface area contributed by atoms with Crippen LogP contribution in [0.25, 0.3) is 0 Å². The summed E-state index contributed by atoms with van der Waals surface area (Å²) in [7, 11) is 0. The number of nitro groups is 2. The number of anilines is 2. The number of ketones is 2. The van der Waals surface area contributed by atoms with Crippen molar-refractivity contribution < 1.29 is 29.0 Å². The highest BCUT2D eigenvalue weighted by molar-refractivity contribution is 6.15. The van der Waals surface area contributed by atoms with Gasteiger partial charge in [0.25, 0.3) is 23.2 Å². The molecule has 0 N–H and O–H groups in total. The lowest BCUT2D eigenvalue weighted by molar-refractivity contribution is -0.385. The third kappa shape index (κ3) is 5.48. The number of amides is 2. The molecule has 14 nitrogen and oxygen atoms in total. The molecule has 5 aromatic carbocycles. The SMILES string of the molecule is CCN1C(=O)C2(c3cc([N+](=O)[O-])ccc31)C(C(=O)c1ccccc1)C(c1ccc(C3C4CCCN4C4(C(=O)N(CC)c5ccc([N+](=O)[O-])cc54)C3C(=O)c3ccccc3)cc1)C1CCCN12. The largest absolute Gasteiger partial charge is 0.310 e. The summed E-state index contributed by atoms with van der Waals surface area (Å²) in [5.41, 5.74) is 1.33. The fourth-order valence-corrected chi connectivity index (χ4v) is 13.6. The summed E-state index contributed by atoms with van der Waals surface area (Å²) in [6.45, 7) is 5.42. The van der Waals surface area contributed by atoms with Crippen LogP contribution in [0.3, 0.4) is 0 Å². The number of nitro benzene ring substituents is 2. The highest BCUT2D eigenvalue weighted by Gasteiger charge is 2.72. The number of carbonyl (C=O) groups excluding carboxylic acids is 4. The van der Waals surface area contributed by atoms with E-state index < -0.39 is 44.6 Å². The van der Waals surface area contributed by atoms with Gasteiger partial charge in [0, 0.05) is 94.9 Å². The van der Waals surface area contributed by atoms with E-state index in [1.54, 1.807) is 70.5 Å². The first kappa shape index (κ1) is 41.8. The van der Waals surface area contributed by atoms with Gasteiger partial charge in [0.1, 0.15) is 11.1 Å². The number of Topliss-reactive ketones (excluding diaryl/α,β-unsaturated/α-hetero) is 2. The van der Waals surface area contributed by atoms with Crippen LogP contribution in [0.15, 0.2) is 121 Å². The number of likely N-dealkylation sites (N-methyl/N-ethyl adjacent to an activating group) is 2. The van der Waals surface area contributed by atoms with E-state index in [-0.39, 0.29) is 46.8 Å². The number of hydrogen-bond acceptors (Lipinski definition) is 10. The Labute approximate surface area is 381 Å². The van der Waals surface area contributed by atoms with Crippen molar-refractivity contribution in [3.05, 3.63) is 175 Å². The summed E-state index contributed by atoms with van der Waals surface area (Å²) < 4.78 is 0. The Hall–Kier alpha value is -6.90. The van der Waals surface area contributed by atoms with Crippen molar-refractivity contribution in [3.8, 4) is 0 Å². The molecular formula is C52H48N6O8. The van der Waals surface area contributed by atoms with Gasteiger partial charge < -0.3 is 9.80 Å². The first-order valence-electron chi connectivity index (χ1n) is 23.0.